The minimum Gasteiger partial charge on any atom is -0.381 e. The van der Waals surface area contributed by atoms with Crippen LogP contribution in [0.25, 0.3) is 11.3 Å². The minimum absolute atomic E-state index is 0.00764. The summed E-state index contributed by atoms with van der Waals surface area (Å²) in [5, 5.41) is 7.62. The van der Waals surface area contributed by atoms with E-state index in [-0.39, 0.29) is 12.0 Å². The fourth-order valence-corrected chi connectivity index (χ4v) is 2.88. The molecule has 1 amide bonds. The molecule has 1 N–H and O–H groups in total. The minimum atomic E-state index is 0.00764. The third-order valence-corrected chi connectivity index (χ3v) is 4.32. The zero-order valence-corrected chi connectivity index (χ0v) is 13.1. The molecule has 1 aromatic heterocycles. The molecule has 0 atom stereocenters. The van der Waals surface area contributed by atoms with Crippen LogP contribution in [0.1, 0.15) is 23.2 Å². The summed E-state index contributed by atoms with van der Waals surface area (Å²) in [4.78, 5) is 14.6. The lowest BCUT2D eigenvalue weighted by Gasteiger charge is -2.31. The van der Waals surface area contributed by atoms with Crippen LogP contribution in [0.2, 0.25) is 5.02 Å². The molecule has 2 heterocycles. The van der Waals surface area contributed by atoms with Crippen LogP contribution in [0.5, 0.6) is 0 Å². The van der Waals surface area contributed by atoms with Gasteiger partial charge in [0.25, 0.3) is 5.91 Å². The molecule has 6 heteroatoms. The normalized spacial score (nSPS) is 16.0. The molecular weight excluding hydrogens is 302 g/mol. The van der Waals surface area contributed by atoms with Crippen LogP contribution in [0.4, 0.5) is 0 Å². The van der Waals surface area contributed by atoms with E-state index in [4.69, 9.17) is 16.3 Å². The van der Waals surface area contributed by atoms with E-state index >= 15 is 0 Å². The van der Waals surface area contributed by atoms with Crippen LogP contribution < -0.4 is 0 Å². The van der Waals surface area contributed by atoms with Crippen molar-refractivity contribution in [2.75, 3.05) is 20.2 Å². The first-order chi connectivity index (χ1) is 10.7. The molecule has 116 valence electrons. The molecule has 0 radical (unpaired) electrons. The van der Waals surface area contributed by atoms with Crippen molar-refractivity contribution in [2.45, 2.75) is 18.9 Å². The maximum atomic E-state index is 12.7. The van der Waals surface area contributed by atoms with Gasteiger partial charge in [-0.2, -0.15) is 5.10 Å². The highest BCUT2D eigenvalue weighted by Gasteiger charge is 2.26. The number of aromatic nitrogens is 2. The number of ether oxygens (including phenoxy) is 1. The van der Waals surface area contributed by atoms with Gasteiger partial charge in [-0.25, -0.2) is 0 Å². The Morgan fingerprint density at radius 2 is 2.00 bits per heavy atom. The van der Waals surface area contributed by atoms with Gasteiger partial charge in [-0.1, -0.05) is 23.7 Å². The lowest BCUT2D eigenvalue weighted by Crippen LogP contribution is -2.40. The molecule has 0 spiro atoms. The highest BCUT2D eigenvalue weighted by Crippen LogP contribution is 2.25. The molecule has 0 saturated carbocycles. The van der Waals surface area contributed by atoms with Crippen molar-refractivity contribution < 1.29 is 9.53 Å². The topological polar surface area (TPSA) is 58.2 Å². The second-order valence-electron chi connectivity index (χ2n) is 5.39. The van der Waals surface area contributed by atoms with Crippen LogP contribution in [0.15, 0.2) is 30.5 Å². The summed E-state index contributed by atoms with van der Waals surface area (Å²) < 4.78 is 5.35. The predicted octanol–water partition coefficient (Wildman–Crippen LogP) is 2.98. The number of halogens is 1. The van der Waals surface area contributed by atoms with Crippen LogP contribution in [-0.4, -0.2) is 47.3 Å². The number of carbonyl (C=O) groups is 1. The first-order valence-corrected chi connectivity index (χ1v) is 7.68. The first kappa shape index (κ1) is 15.1. The highest BCUT2D eigenvalue weighted by atomic mass is 35.5. The van der Waals surface area contributed by atoms with Gasteiger partial charge in [0.15, 0.2) is 0 Å². The van der Waals surface area contributed by atoms with E-state index < -0.39 is 0 Å². The average Bonchev–Trinajstić information content (AvgIpc) is 3.04. The molecule has 3 rings (SSSR count). The van der Waals surface area contributed by atoms with Crippen LogP contribution in [-0.2, 0) is 4.74 Å². The molecule has 1 fully saturated rings. The summed E-state index contributed by atoms with van der Waals surface area (Å²) in [5.74, 6) is 0.00764. The molecule has 2 aromatic rings. The summed E-state index contributed by atoms with van der Waals surface area (Å²) in [6.07, 6.45) is 3.59. The van der Waals surface area contributed by atoms with E-state index in [0.717, 1.165) is 24.1 Å². The number of benzene rings is 1. The van der Waals surface area contributed by atoms with E-state index in [0.29, 0.717) is 23.7 Å². The number of H-pyrrole nitrogens is 1. The summed E-state index contributed by atoms with van der Waals surface area (Å²) in [7, 11) is 1.72. The number of hydrogen-bond donors (Lipinski definition) is 1. The van der Waals surface area contributed by atoms with Gasteiger partial charge in [-0.05, 0) is 25.0 Å². The maximum absolute atomic E-state index is 12.7. The van der Waals surface area contributed by atoms with Gasteiger partial charge in [-0.3, -0.25) is 9.89 Å². The number of methoxy groups -OCH3 is 1. The maximum Gasteiger partial charge on any atom is 0.257 e. The number of amides is 1. The molecule has 0 unspecified atom stereocenters. The highest BCUT2D eigenvalue weighted by molar-refractivity contribution is 6.30. The molecular formula is C16H18ClN3O2. The Kier molecular flexibility index (Phi) is 4.45. The van der Waals surface area contributed by atoms with Crippen molar-refractivity contribution in [3.05, 3.63) is 41.0 Å². The molecule has 22 heavy (non-hydrogen) atoms. The summed E-state index contributed by atoms with van der Waals surface area (Å²) in [5.41, 5.74) is 2.23. The Labute approximate surface area is 134 Å². The van der Waals surface area contributed by atoms with Gasteiger partial charge in [0.1, 0.15) is 0 Å². The van der Waals surface area contributed by atoms with E-state index in [1.807, 2.05) is 17.0 Å². The third-order valence-electron chi connectivity index (χ3n) is 4.07. The van der Waals surface area contributed by atoms with Crippen LogP contribution >= 0.6 is 11.6 Å². The second-order valence-corrected chi connectivity index (χ2v) is 5.83. The fraction of sp³-hybridized carbons (Fsp3) is 0.375. The number of aromatic amines is 1. The van der Waals surface area contributed by atoms with Crippen molar-refractivity contribution >= 4 is 17.5 Å². The predicted molar refractivity (Wildman–Crippen MR) is 85.0 cm³/mol. The first-order valence-electron chi connectivity index (χ1n) is 7.30. The standard InChI is InChI=1S/C16H18ClN3O2/c1-22-13-6-8-20(9-7-13)16(21)14-10-18-19-15(14)11-2-4-12(17)5-3-11/h2-5,10,13H,6-9H2,1H3,(H,18,19). The number of likely N-dealkylation sites (tertiary alicyclic amines) is 1. The van der Waals surface area contributed by atoms with Gasteiger partial charge in [0.2, 0.25) is 0 Å². The van der Waals surface area contributed by atoms with E-state index in [1.54, 1.807) is 25.4 Å². The average molecular weight is 320 g/mol. The van der Waals surface area contributed by atoms with Crippen LogP contribution in [0, 0.1) is 0 Å². The van der Waals surface area contributed by atoms with Gasteiger partial charge in [0.05, 0.1) is 23.6 Å². The number of carbonyl (C=O) groups excluding carboxylic acids is 1. The molecule has 1 aliphatic heterocycles. The molecule has 0 aliphatic carbocycles. The zero-order chi connectivity index (χ0) is 15.5. The molecule has 5 nitrogen and oxygen atoms in total. The second kappa shape index (κ2) is 6.50. The van der Waals surface area contributed by atoms with E-state index in [9.17, 15) is 4.79 Å². The van der Waals surface area contributed by atoms with E-state index in [1.165, 1.54) is 0 Å². The SMILES string of the molecule is COC1CCN(C(=O)c2cn[nH]c2-c2ccc(Cl)cc2)CC1. The van der Waals surface area contributed by atoms with Gasteiger partial charge >= 0.3 is 0 Å². The molecule has 0 bridgehead atoms. The quantitative estimate of drug-likeness (QED) is 0.946. The zero-order valence-electron chi connectivity index (χ0n) is 12.4. The molecule has 1 aliphatic rings. The summed E-state index contributed by atoms with van der Waals surface area (Å²) >= 11 is 5.91. The van der Waals surface area contributed by atoms with Gasteiger partial charge < -0.3 is 9.64 Å². The van der Waals surface area contributed by atoms with Crippen molar-refractivity contribution in [3.8, 4) is 11.3 Å². The Morgan fingerprint density at radius 1 is 1.32 bits per heavy atom. The third kappa shape index (κ3) is 3.00. The monoisotopic (exact) mass is 319 g/mol. The van der Waals surface area contributed by atoms with Gasteiger partial charge in [0, 0.05) is 30.8 Å². The van der Waals surface area contributed by atoms with Crippen molar-refractivity contribution in [2.24, 2.45) is 0 Å². The largest absolute Gasteiger partial charge is 0.381 e. The fourth-order valence-electron chi connectivity index (χ4n) is 2.75. The number of rotatable bonds is 3. The molecule has 1 aromatic carbocycles. The number of piperidine rings is 1. The Balaban J connectivity index is 1.80. The van der Waals surface area contributed by atoms with E-state index in [2.05, 4.69) is 10.2 Å². The molecule has 1 saturated heterocycles. The van der Waals surface area contributed by atoms with Crippen molar-refractivity contribution in [1.29, 1.82) is 0 Å². The van der Waals surface area contributed by atoms with Gasteiger partial charge in [-0.15, -0.1) is 0 Å². The lowest BCUT2D eigenvalue weighted by atomic mass is 10.0. The summed E-state index contributed by atoms with van der Waals surface area (Å²) in [6, 6.07) is 7.36. The Bertz CT molecular complexity index is 646. The summed E-state index contributed by atoms with van der Waals surface area (Å²) in [6.45, 7) is 1.42. The lowest BCUT2D eigenvalue weighted by molar-refractivity contribution is 0.0351. The number of nitrogens with zero attached hydrogens (tertiary/aromatic N) is 2. The Morgan fingerprint density at radius 3 is 2.64 bits per heavy atom. The Hall–Kier alpha value is -1.85. The van der Waals surface area contributed by atoms with Crippen LogP contribution in [0.3, 0.4) is 0 Å². The number of nitrogens with one attached hydrogen (secondary N) is 1. The van der Waals surface area contributed by atoms with Crippen molar-refractivity contribution in [3.63, 3.8) is 0 Å². The van der Waals surface area contributed by atoms with Crippen molar-refractivity contribution in [1.82, 2.24) is 15.1 Å². The number of hydrogen-bond acceptors (Lipinski definition) is 3. The smallest absolute Gasteiger partial charge is 0.257 e.